The molecular formula is C20H26N8OS. The zero-order valence-electron chi connectivity index (χ0n) is 17.2. The summed E-state index contributed by atoms with van der Waals surface area (Å²) in [5, 5.41) is 12.6. The fourth-order valence-electron chi connectivity index (χ4n) is 4.39. The highest BCUT2D eigenvalue weighted by molar-refractivity contribution is 7.15. The lowest BCUT2D eigenvalue weighted by molar-refractivity contribution is -0.120. The summed E-state index contributed by atoms with van der Waals surface area (Å²) in [6.45, 7) is 4.49. The average molecular weight is 427 g/mol. The number of nitrogens with zero attached hydrogens (tertiary/aromatic N) is 7. The third kappa shape index (κ3) is 3.64. The number of piperidine rings is 1. The molecule has 1 atom stereocenters. The molecule has 1 N–H and O–H groups in total. The van der Waals surface area contributed by atoms with Gasteiger partial charge in [-0.1, -0.05) is 24.7 Å². The summed E-state index contributed by atoms with van der Waals surface area (Å²) in [5.74, 6) is 1.85. The fraction of sp³-hybridized carbons (Fsp3) is 0.600. The van der Waals surface area contributed by atoms with Crippen molar-refractivity contribution in [2.75, 3.05) is 23.3 Å². The highest BCUT2D eigenvalue weighted by atomic mass is 32.1. The van der Waals surface area contributed by atoms with E-state index in [1.807, 2.05) is 6.92 Å². The molecule has 3 aromatic rings. The molecule has 1 amide bonds. The molecule has 0 spiro atoms. The van der Waals surface area contributed by atoms with Gasteiger partial charge in [0.25, 0.3) is 0 Å². The molecule has 30 heavy (non-hydrogen) atoms. The van der Waals surface area contributed by atoms with Gasteiger partial charge in [0, 0.05) is 26.1 Å². The molecular weight excluding hydrogens is 400 g/mol. The van der Waals surface area contributed by atoms with Crippen LogP contribution in [0.15, 0.2) is 6.33 Å². The van der Waals surface area contributed by atoms with Gasteiger partial charge in [-0.15, -0.1) is 10.2 Å². The Labute approximate surface area is 179 Å². The molecule has 0 aliphatic carbocycles. The smallest absolute Gasteiger partial charge is 0.231 e. The zero-order valence-corrected chi connectivity index (χ0v) is 18.0. The molecule has 10 heteroatoms. The molecule has 158 valence electrons. The van der Waals surface area contributed by atoms with Crippen LogP contribution in [0, 0.1) is 5.92 Å². The van der Waals surface area contributed by atoms with Crippen LogP contribution in [0.2, 0.25) is 0 Å². The van der Waals surface area contributed by atoms with E-state index in [2.05, 4.69) is 34.9 Å². The van der Waals surface area contributed by atoms with E-state index >= 15 is 0 Å². The van der Waals surface area contributed by atoms with Crippen LogP contribution in [0.4, 0.5) is 10.9 Å². The number of carbonyl (C=O) groups is 1. The molecule has 2 aliphatic rings. The number of amides is 1. The number of hydrogen-bond acceptors (Lipinski definition) is 8. The third-order valence-electron chi connectivity index (χ3n) is 5.96. The van der Waals surface area contributed by atoms with E-state index in [1.54, 1.807) is 6.33 Å². The Morgan fingerprint density at radius 2 is 2.13 bits per heavy atom. The lowest BCUT2D eigenvalue weighted by atomic mass is 9.97. The largest absolute Gasteiger partial charge is 0.354 e. The van der Waals surface area contributed by atoms with Gasteiger partial charge in [-0.05, 0) is 32.1 Å². The second-order valence-corrected chi connectivity index (χ2v) is 9.05. The summed E-state index contributed by atoms with van der Waals surface area (Å²) in [7, 11) is 0. The van der Waals surface area contributed by atoms with E-state index in [0.29, 0.717) is 11.7 Å². The van der Waals surface area contributed by atoms with Gasteiger partial charge < -0.3 is 14.8 Å². The topological polar surface area (TPSA) is 102 Å². The first-order valence-electron chi connectivity index (χ1n) is 10.8. The zero-order chi connectivity index (χ0) is 20.5. The first kappa shape index (κ1) is 19.3. The quantitative estimate of drug-likeness (QED) is 0.684. The fourth-order valence-corrected chi connectivity index (χ4v) is 5.08. The van der Waals surface area contributed by atoms with E-state index in [9.17, 15) is 4.79 Å². The van der Waals surface area contributed by atoms with Crippen LogP contribution in [-0.2, 0) is 24.2 Å². The van der Waals surface area contributed by atoms with Gasteiger partial charge in [0.05, 0.1) is 5.92 Å². The summed E-state index contributed by atoms with van der Waals surface area (Å²) in [4.78, 5) is 29.1. The number of fused-ring (bicyclic) bond motifs is 3. The lowest BCUT2D eigenvalue weighted by Gasteiger charge is -2.32. The molecule has 0 saturated carbocycles. The number of aryl methyl sites for hydroxylation is 3. The van der Waals surface area contributed by atoms with Crippen LogP contribution in [0.5, 0.6) is 0 Å². The minimum absolute atomic E-state index is 0.00410. The Hall–Kier alpha value is -2.62. The molecule has 1 saturated heterocycles. The molecule has 5 rings (SSSR count). The number of imidazole rings is 1. The average Bonchev–Trinajstić information content (AvgIpc) is 3.30. The molecule has 0 unspecified atom stereocenters. The van der Waals surface area contributed by atoms with E-state index in [-0.39, 0.29) is 11.8 Å². The predicted molar refractivity (Wildman–Crippen MR) is 116 cm³/mol. The van der Waals surface area contributed by atoms with Gasteiger partial charge >= 0.3 is 0 Å². The molecule has 0 radical (unpaired) electrons. The lowest BCUT2D eigenvalue weighted by Crippen LogP contribution is -2.41. The standard InChI is InChI=1S/C20H26N8OS/c1-2-15-25-26-20(30-15)24-19(29)13-7-6-9-27(11-13)17-16-18(22-12-21-17)28-10-5-3-4-8-14(28)23-16/h12-13H,2-11H2,1H3,(H,24,26,29)/t13-/m0/s1. The van der Waals surface area contributed by atoms with Crippen LogP contribution in [0.1, 0.15) is 49.9 Å². The maximum absolute atomic E-state index is 12.9. The number of hydrogen-bond donors (Lipinski definition) is 1. The first-order chi connectivity index (χ1) is 14.7. The third-order valence-corrected chi connectivity index (χ3v) is 6.95. The molecule has 0 bridgehead atoms. The number of nitrogens with one attached hydrogen (secondary N) is 1. The molecule has 0 aromatic carbocycles. The van der Waals surface area contributed by atoms with Gasteiger partial charge in [0.1, 0.15) is 17.2 Å². The Morgan fingerprint density at radius 3 is 3.00 bits per heavy atom. The Balaban J connectivity index is 1.37. The second-order valence-electron chi connectivity index (χ2n) is 7.99. The minimum Gasteiger partial charge on any atom is -0.354 e. The summed E-state index contributed by atoms with van der Waals surface area (Å²) < 4.78 is 2.25. The van der Waals surface area contributed by atoms with Crippen LogP contribution < -0.4 is 10.2 Å². The highest BCUT2D eigenvalue weighted by Gasteiger charge is 2.29. The van der Waals surface area contributed by atoms with E-state index in [1.165, 1.54) is 24.2 Å². The van der Waals surface area contributed by atoms with Gasteiger partial charge in [-0.3, -0.25) is 4.79 Å². The summed E-state index contributed by atoms with van der Waals surface area (Å²) >= 11 is 1.44. The maximum Gasteiger partial charge on any atom is 0.231 e. The van der Waals surface area contributed by atoms with Crippen molar-refractivity contribution >= 4 is 39.4 Å². The van der Waals surface area contributed by atoms with Crippen molar-refractivity contribution in [1.29, 1.82) is 0 Å². The molecule has 2 aliphatic heterocycles. The molecule has 3 aromatic heterocycles. The SMILES string of the molecule is CCc1nnc(NC(=O)[C@H]2CCCN(c3ncnc4c3nc3n4CCCCC3)C2)s1. The van der Waals surface area contributed by atoms with E-state index < -0.39 is 0 Å². The van der Waals surface area contributed by atoms with Crippen LogP contribution in [0.25, 0.3) is 11.2 Å². The van der Waals surface area contributed by atoms with Gasteiger partial charge in [0.15, 0.2) is 17.0 Å². The second kappa shape index (κ2) is 8.25. The van der Waals surface area contributed by atoms with Crippen molar-refractivity contribution in [3.05, 3.63) is 17.2 Å². The molecule has 1 fully saturated rings. The summed E-state index contributed by atoms with van der Waals surface area (Å²) in [6.07, 6.45) is 8.81. The van der Waals surface area contributed by atoms with Crippen LogP contribution >= 0.6 is 11.3 Å². The number of rotatable bonds is 4. The summed E-state index contributed by atoms with van der Waals surface area (Å²) in [5.41, 5.74) is 1.79. The Morgan fingerprint density at radius 1 is 1.20 bits per heavy atom. The van der Waals surface area contributed by atoms with Gasteiger partial charge in [-0.2, -0.15) is 0 Å². The number of aromatic nitrogens is 6. The van der Waals surface area contributed by atoms with Gasteiger partial charge in [0.2, 0.25) is 11.0 Å². The monoisotopic (exact) mass is 426 g/mol. The Kier molecular flexibility index (Phi) is 5.32. The van der Waals surface area contributed by atoms with Crippen molar-refractivity contribution in [2.24, 2.45) is 5.92 Å². The van der Waals surface area contributed by atoms with Crippen molar-refractivity contribution in [3.63, 3.8) is 0 Å². The maximum atomic E-state index is 12.9. The van der Waals surface area contributed by atoms with Crippen molar-refractivity contribution in [1.82, 2.24) is 29.7 Å². The van der Waals surface area contributed by atoms with Crippen molar-refractivity contribution < 1.29 is 4.79 Å². The number of anilines is 2. The normalized spacial score (nSPS) is 19.5. The molecule has 9 nitrogen and oxygen atoms in total. The van der Waals surface area contributed by atoms with Crippen molar-refractivity contribution in [3.8, 4) is 0 Å². The summed E-state index contributed by atoms with van der Waals surface area (Å²) in [6, 6.07) is 0. The van der Waals surface area contributed by atoms with Crippen LogP contribution in [-0.4, -0.2) is 48.7 Å². The van der Waals surface area contributed by atoms with E-state index in [4.69, 9.17) is 4.98 Å². The molecule has 5 heterocycles. The minimum atomic E-state index is -0.113. The highest BCUT2D eigenvalue weighted by Crippen LogP contribution is 2.30. The predicted octanol–water partition coefficient (Wildman–Crippen LogP) is 2.82. The van der Waals surface area contributed by atoms with Gasteiger partial charge in [-0.25, -0.2) is 15.0 Å². The van der Waals surface area contributed by atoms with E-state index in [0.717, 1.165) is 73.0 Å². The van der Waals surface area contributed by atoms with Crippen LogP contribution in [0.3, 0.4) is 0 Å². The first-order valence-corrected chi connectivity index (χ1v) is 11.6. The Bertz CT molecular complexity index is 1060. The number of carbonyl (C=O) groups excluding carboxylic acids is 1. The van der Waals surface area contributed by atoms with Crippen molar-refractivity contribution in [2.45, 2.75) is 58.4 Å².